The van der Waals surface area contributed by atoms with Crippen LogP contribution >= 0.6 is 0 Å². The van der Waals surface area contributed by atoms with Gasteiger partial charge >= 0.3 is 5.97 Å². The zero-order valence-corrected chi connectivity index (χ0v) is 12.2. The van der Waals surface area contributed by atoms with Gasteiger partial charge < -0.3 is 20.1 Å². The van der Waals surface area contributed by atoms with Gasteiger partial charge in [0.15, 0.2) is 0 Å². The van der Waals surface area contributed by atoms with Crippen LogP contribution in [-0.4, -0.2) is 61.3 Å². The van der Waals surface area contributed by atoms with E-state index in [1.807, 2.05) is 19.2 Å². The molecule has 6 heteroatoms. The van der Waals surface area contributed by atoms with Crippen LogP contribution in [0.4, 0.5) is 0 Å². The molecule has 2 fully saturated rings. The highest BCUT2D eigenvalue weighted by Crippen LogP contribution is 2.48. The molecule has 3 aliphatic rings. The van der Waals surface area contributed by atoms with Crippen molar-refractivity contribution in [3.05, 3.63) is 12.2 Å². The third-order valence-corrected chi connectivity index (χ3v) is 4.89. The van der Waals surface area contributed by atoms with E-state index in [9.17, 15) is 14.7 Å². The van der Waals surface area contributed by atoms with E-state index < -0.39 is 17.8 Å². The average Bonchev–Trinajstić information content (AvgIpc) is 3.05. The molecule has 2 aliphatic carbocycles. The molecule has 0 aromatic rings. The first-order chi connectivity index (χ1) is 10.1. The molecule has 1 saturated carbocycles. The number of fused-ring (bicyclic) bond motifs is 2. The number of rotatable bonds is 4. The number of carbonyl (C=O) groups excluding carboxylic acids is 1. The van der Waals surface area contributed by atoms with Crippen LogP contribution < -0.4 is 5.32 Å². The van der Waals surface area contributed by atoms with Gasteiger partial charge in [0.05, 0.1) is 24.5 Å². The van der Waals surface area contributed by atoms with E-state index in [1.54, 1.807) is 0 Å². The van der Waals surface area contributed by atoms with Crippen molar-refractivity contribution >= 4 is 11.9 Å². The van der Waals surface area contributed by atoms with Crippen molar-refractivity contribution in [1.29, 1.82) is 0 Å². The Hall–Kier alpha value is -1.40. The smallest absolute Gasteiger partial charge is 0.307 e. The maximum atomic E-state index is 12.4. The fraction of sp³-hybridized carbons (Fsp3) is 0.733. The fourth-order valence-electron chi connectivity index (χ4n) is 3.84. The summed E-state index contributed by atoms with van der Waals surface area (Å²) >= 11 is 0. The molecule has 1 saturated heterocycles. The largest absolute Gasteiger partial charge is 0.481 e. The van der Waals surface area contributed by atoms with Crippen LogP contribution in [0.3, 0.4) is 0 Å². The minimum absolute atomic E-state index is 0.00916. The van der Waals surface area contributed by atoms with Crippen molar-refractivity contribution < 1.29 is 19.4 Å². The Morgan fingerprint density at radius 1 is 1.33 bits per heavy atom. The van der Waals surface area contributed by atoms with Gasteiger partial charge in [0.1, 0.15) is 0 Å². The maximum absolute atomic E-state index is 12.4. The van der Waals surface area contributed by atoms with Crippen LogP contribution in [0.25, 0.3) is 0 Å². The monoisotopic (exact) mass is 294 g/mol. The second-order valence-electron chi connectivity index (χ2n) is 6.34. The Labute approximate surface area is 124 Å². The van der Waals surface area contributed by atoms with Crippen LogP contribution in [0.2, 0.25) is 0 Å². The number of amides is 1. The topological polar surface area (TPSA) is 78.9 Å². The van der Waals surface area contributed by atoms with E-state index in [0.29, 0.717) is 13.2 Å². The first-order valence-corrected chi connectivity index (χ1v) is 7.55. The standard InChI is InChI=1S/C15H22N2O4/c1-17-4-5-21-11(8-17)7-16-14(18)12-9-2-3-10(6-9)13(12)15(19)20/h2-3,9-13H,4-8H2,1H3,(H,16,18)(H,19,20). The summed E-state index contributed by atoms with van der Waals surface area (Å²) < 4.78 is 5.61. The van der Waals surface area contributed by atoms with Gasteiger partial charge in [-0.15, -0.1) is 0 Å². The highest BCUT2D eigenvalue weighted by atomic mass is 16.5. The molecule has 2 N–H and O–H groups in total. The summed E-state index contributed by atoms with van der Waals surface area (Å²) in [5.41, 5.74) is 0. The van der Waals surface area contributed by atoms with Gasteiger partial charge in [0.25, 0.3) is 0 Å². The van der Waals surface area contributed by atoms with Crippen LogP contribution in [0.1, 0.15) is 6.42 Å². The van der Waals surface area contributed by atoms with E-state index in [1.165, 1.54) is 0 Å². The number of likely N-dealkylation sites (N-methyl/N-ethyl adjacent to an activating group) is 1. The van der Waals surface area contributed by atoms with E-state index in [2.05, 4.69) is 10.2 Å². The summed E-state index contributed by atoms with van der Waals surface area (Å²) in [6.07, 6.45) is 4.73. The molecule has 5 atom stereocenters. The van der Waals surface area contributed by atoms with E-state index in [-0.39, 0.29) is 23.8 Å². The third-order valence-electron chi connectivity index (χ3n) is 4.89. The third kappa shape index (κ3) is 2.82. The zero-order chi connectivity index (χ0) is 15.0. The van der Waals surface area contributed by atoms with Gasteiger partial charge in [0.2, 0.25) is 5.91 Å². The second kappa shape index (κ2) is 5.77. The van der Waals surface area contributed by atoms with E-state index >= 15 is 0 Å². The fourth-order valence-corrected chi connectivity index (χ4v) is 3.84. The molecule has 5 unspecified atom stereocenters. The predicted molar refractivity (Wildman–Crippen MR) is 75.6 cm³/mol. The molecule has 0 spiro atoms. The number of morpholine rings is 1. The Morgan fingerprint density at radius 3 is 2.71 bits per heavy atom. The number of ether oxygens (including phenoxy) is 1. The van der Waals surface area contributed by atoms with Crippen molar-refractivity contribution in [1.82, 2.24) is 10.2 Å². The maximum Gasteiger partial charge on any atom is 0.307 e. The highest BCUT2D eigenvalue weighted by Gasteiger charge is 2.51. The first-order valence-electron chi connectivity index (χ1n) is 7.55. The zero-order valence-electron chi connectivity index (χ0n) is 12.2. The summed E-state index contributed by atoms with van der Waals surface area (Å²) in [4.78, 5) is 26.0. The summed E-state index contributed by atoms with van der Waals surface area (Å²) in [5.74, 6) is -1.92. The van der Waals surface area contributed by atoms with Gasteiger partial charge in [-0.2, -0.15) is 0 Å². The summed E-state index contributed by atoms with van der Waals surface area (Å²) in [5, 5.41) is 12.3. The minimum Gasteiger partial charge on any atom is -0.481 e. The molecule has 3 rings (SSSR count). The van der Waals surface area contributed by atoms with Crippen LogP contribution in [0.15, 0.2) is 12.2 Å². The lowest BCUT2D eigenvalue weighted by Gasteiger charge is -2.31. The second-order valence-corrected chi connectivity index (χ2v) is 6.34. The number of nitrogens with one attached hydrogen (secondary N) is 1. The van der Waals surface area contributed by atoms with Gasteiger partial charge in [-0.3, -0.25) is 9.59 Å². The Kier molecular flexibility index (Phi) is 3.99. The number of hydrogen-bond donors (Lipinski definition) is 2. The molecule has 1 heterocycles. The number of carbonyl (C=O) groups is 2. The predicted octanol–water partition coefficient (Wildman–Crippen LogP) is -0.0439. The van der Waals surface area contributed by atoms with Crippen LogP contribution in [-0.2, 0) is 14.3 Å². The van der Waals surface area contributed by atoms with Gasteiger partial charge in [0, 0.05) is 19.6 Å². The lowest BCUT2D eigenvalue weighted by atomic mass is 9.82. The summed E-state index contributed by atoms with van der Waals surface area (Å²) in [6.45, 7) is 2.82. The summed E-state index contributed by atoms with van der Waals surface area (Å²) in [6, 6.07) is 0. The number of allylic oxidation sites excluding steroid dienone is 2. The minimum atomic E-state index is -0.861. The van der Waals surface area contributed by atoms with Gasteiger partial charge in [-0.25, -0.2) is 0 Å². The normalized spacial score (nSPS) is 38.6. The molecule has 2 bridgehead atoms. The number of carboxylic acid groups (broad SMARTS) is 1. The Morgan fingerprint density at radius 2 is 2.05 bits per heavy atom. The Balaban J connectivity index is 1.57. The van der Waals surface area contributed by atoms with Crippen molar-refractivity contribution in [3.8, 4) is 0 Å². The molecule has 1 amide bonds. The molecular formula is C15H22N2O4. The number of aliphatic carboxylic acids is 1. The van der Waals surface area contributed by atoms with E-state index in [4.69, 9.17) is 4.74 Å². The van der Waals surface area contributed by atoms with Crippen LogP contribution in [0.5, 0.6) is 0 Å². The van der Waals surface area contributed by atoms with Crippen molar-refractivity contribution in [2.75, 3.05) is 33.3 Å². The van der Waals surface area contributed by atoms with Crippen molar-refractivity contribution in [2.45, 2.75) is 12.5 Å². The van der Waals surface area contributed by atoms with E-state index in [0.717, 1.165) is 19.5 Å². The quantitative estimate of drug-likeness (QED) is 0.711. The molecule has 1 aliphatic heterocycles. The average molecular weight is 294 g/mol. The Bertz CT molecular complexity index is 465. The molecule has 21 heavy (non-hydrogen) atoms. The first kappa shape index (κ1) is 14.5. The number of nitrogens with zero attached hydrogens (tertiary/aromatic N) is 1. The highest BCUT2D eigenvalue weighted by molar-refractivity contribution is 5.86. The molecule has 0 radical (unpaired) electrons. The van der Waals surface area contributed by atoms with Crippen molar-refractivity contribution in [2.24, 2.45) is 23.7 Å². The summed E-state index contributed by atoms with van der Waals surface area (Å²) in [7, 11) is 2.03. The lowest BCUT2D eigenvalue weighted by molar-refractivity contribution is -0.148. The number of carboxylic acids is 1. The molecule has 0 aromatic heterocycles. The number of hydrogen-bond acceptors (Lipinski definition) is 4. The van der Waals surface area contributed by atoms with Gasteiger partial charge in [-0.05, 0) is 25.3 Å². The molecule has 6 nitrogen and oxygen atoms in total. The van der Waals surface area contributed by atoms with Gasteiger partial charge in [-0.1, -0.05) is 12.2 Å². The lowest BCUT2D eigenvalue weighted by Crippen LogP contribution is -2.48. The SMILES string of the molecule is CN1CCOC(CNC(=O)C2C3C=CC(C3)C2C(=O)O)C1. The molecule has 0 aromatic carbocycles. The van der Waals surface area contributed by atoms with Crippen molar-refractivity contribution in [3.63, 3.8) is 0 Å². The van der Waals surface area contributed by atoms with Crippen LogP contribution in [0, 0.1) is 23.7 Å². The molecule has 116 valence electrons. The molecular weight excluding hydrogens is 272 g/mol.